The minimum atomic E-state index is -0.237. The minimum absolute atomic E-state index is 0.230. The summed E-state index contributed by atoms with van der Waals surface area (Å²) in [5.74, 6) is 1.44. The van der Waals surface area contributed by atoms with Gasteiger partial charge in [0.2, 0.25) is 5.89 Å². The number of hydrogen-bond donors (Lipinski definition) is 2. The van der Waals surface area contributed by atoms with Crippen molar-refractivity contribution in [3.05, 3.63) is 46.6 Å². The topological polar surface area (TPSA) is 80.0 Å². The fourth-order valence-corrected chi connectivity index (χ4v) is 1.86. The van der Waals surface area contributed by atoms with E-state index in [2.05, 4.69) is 20.8 Å². The number of carbonyl (C=O) groups excluding carboxylic acids is 1. The summed E-state index contributed by atoms with van der Waals surface area (Å²) in [6.07, 6.45) is 0.508. The Balaban J connectivity index is 1.68. The van der Waals surface area contributed by atoms with E-state index in [1.165, 1.54) is 0 Å². The Morgan fingerprint density at radius 1 is 1.27 bits per heavy atom. The van der Waals surface area contributed by atoms with Crippen LogP contribution < -0.4 is 10.6 Å². The van der Waals surface area contributed by atoms with Crippen molar-refractivity contribution >= 4 is 17.6 Å². The van der Waals surface area contributed by atoms with Crippen LogP contribution in [-0.4, -0.2) is 22.7 Å². The molecule has 1 aromatic heterocycles. The molecule has 0 saturated carbocycles. The Morgan fingerprint density at radius 3 is 2.64 bits per heavy atom. The van der Waals surface area contributed by atoms with Gasteiger partial charge in [0.1, 0.15) is 0 Å². The van der Waals surface area contributed by atoms with E-state index < -0.39 is 0 Å². The predicted octanol–water partition coefficient (Wildman–Crippen LogP) is 2.89. The average molecular weight is 323 g/mol. The maximum Gasteiger partial charge on any atom is 0.315 e. The number of benzene rings is 1. The van der Waals surface area contributed by atoms with Gasteiger partial charge < -0.3 is 15.2 Å². The zero-order valence-electron chi connectivity index (χ0n) is 12.6. The number of hydrogen-bond acceptors (Lipinski definition) is 4. The number of nitrogens with one attached hydrogen (secondary N) is 2. The lowest BCUT2D eigenvalue weighted by Crippen LogP contribution is -2.36. The van der Waals surface area contributed by atoms with Crippen LogP contribution in [0.5, 0.6) is 0 Å². The molecule has 0 radical (unpaired) electrons. The van der Waals surface area contributed by atoms with Gasteiger partial charge >= 0.3 is 6.03 Å². The summed E-state index contributed by atoms with van der Waals surface area (Å²) in [6.45, 7) is 4.88. The fourth-order valence-electron chi connectivity index (χ4n) is 1.73. The van der Waals surface area contributed by atoms with E-state index in [1.807, 2.05) is 26.0 Å². The first-order valence-electron chi connectivity index (χ1n) is 7.13. The van der Waals surface area contributed by atoms with E-state index in [4.69, 9.17) is 16.1 Å². The summed E-state index contributed by atoms with van der Waals surface area (Å²) in [5, 5.41) is 10.1. The third-order valence-electron chi connectivity index (χ3n) is 2.99. The van der Waals surface area contributed by atoms with Crippen LogP contribution in [0.1, 0.15) is 37.0 Å². The van der Waals surface area contributed by atoms with E-state index in [-0.39, 0.29) is 11.9 Å². The number of urea groups is 1. The number of amides is 2. The standard InChI is InChI=1S/C15H19ClN4O2/c1-10(2)14-19-13(22-20-14)7-8-17-15(21)18-9-11-3-5-12(16)6-4-11/h3-6,10H,7-9H2,1-2H3,(H2,17,18,21). The number of halogens is 1. The first kappa shape index (κ1) is 16.3. The molecule has 1 heterocycles. The normalized spacial score (nSPS) is 10.7. The van der Waals surface area contributed by atoms with Crippen LogP contribution >= 0.6 is 11.6 Å². The molecule has 1 aromatic carbocycles. The minimum Gasteiger partial charge on any atom is -0.339 e. The third-order valence-corrected chi connectivity index (χ3v) is 3.24. The lowest BCUT2D eigenvalue weighted by molar-refractivity contribution is 0.240. The highest BCUT2D eigenvalue weighted by Gasteiger charge is 2.09. The molecule has 0 aliphatic heterocycles. The third kappa shape index (κ3) is 5.04. The van der Waals surface area contributed by atoms with Crippen molar-refractivity contribution in [1.29, 1.82) is 0 Å². The molecular formula is C15H19ClN4O2. The van der Waals surface area contributed by atoms with Crippen LogP contribution in [-0.2, 0) is 13.0 Å². The molecule has 0 unspecified atom stereocenters. The monoisotopic (exact) mass is 322 g/mol. The Morgan fingerprint density at radius 2 is 2.00 bits per heavy atom. The summed E-state index contributed by atoms with van der Waals surface area (Å²) < 4.78 is 5.10. The number of nitrogens with zero attached hydrogens (tertiary/aromatic N) is 2. The van der Waals surface area contributed by atoms with Crippen LogP contribution in [0, 0.1) is 0 Å². The SMILES string of the molecule is CC(C)c1noc(CCNC(=O)NCc2ccc(Cl)cc2)n1. The van der Waals surface area contributed by atoms with Gasteiger partial charge in [-0.2, -0.15) is 4.98 Å². The van der Waals surface area contributed by atoms with Gasteiger partial charge in [-0.1, -0.05) is 42.7 Å². The Labute approximate surface area is 134 Å². The van der Waals surface area contributed by atoms with Crippen LogP contribution in [0.15, 0.2) is 28.8 Å². The Hall–Kier alpha value is -2.08. The van der Waals surface area contributed by atoms with E-state index in [0.717, 1.165) is 5.56 Å². The lowest BCUT2D eigenvalue weighted by atomic mass is 10.2. The Bertz CT molecular complexity index is 610. The molecule has 2 rings (SSSR count). The van der Waals surface area contributed by atoms with Gasteiger partial charge in [-0.15, -0.1) is 0 Å². The number of aromatic nitrogens is 2. The summed E-state index contributed by atoms with van der Waals surface area (Å²) in [6, 6.07) is 7.08. The lowest BCUT2D eigenvalue weighted by Gasteiger charge is -2.06. The molecule has 6 nitrogen and oxygen atoms in total. The van der Waals surface area contributed by atoms with Crippen LogP contribution in [0.4, 0.5) is 4.79 Å². The molecule has 22 heavy (non-hydrogen) atoms. The zero-order valence-corrected chi connectivity index (χ0v) is 13.4. The molecule has 0 spiro atoms. The van der Waals surface area contributed by atoms with Crippen molar-refractivity contribution < 1.29 is 9.32 Å². The summed E-state index contributed by atoms with van der Waals surface area (Å²) in [4.78, 5) is 15.9. The molecule has 0 saturated heterocycles. The van der Waals surface area contributed by atoms with Crippen molar-refractivity contribution in [3.63, 3.8) is 0 Å². The van der Waals surface area contributed by atoms with Crippen molar-refractivity contribution in [1.82, 2.24) is 20.8 Å². The van der Waals surface area contributed by atoms with E-state index >= 15 is 0 Å². The highest BCUT2D eigenvalue weighted by molar-refractivity contribution is 6.30. The molecule has 0 aliphatic rings. The van der Waals surface area contributed by atoms with Crippen molar-refractivity contribution in [2.45, 2.75) is 32.7 Å². The first-order valence-corrected chi connectivity index (χ1v) is 7.51. The van der Waals surface area contributed by atoms with Gasteiger partial charge in [0.25, 0.3) is 0 Å². The van der Waals surface area contributed by atoms with Gasteiger partial charge in [0.15, 0.2) is 5.82 Å². The van der Waals surface area contributed by atoms with E-state index in [0.29, 0.717) is 36.2 Å². The Kier molecular flexibility index (Phi) is 5.77. The van der Waals surface area contributed by atoms with Gasteiger partial charge in [0, 0.05) is 30.5 Å². The van der Waals surface area contributed by atoms with Crippen molar-refractivity contribution in [2.75, 3.05) is 6.54 Å². The molecular weight excluding hydrogens is 304 g/mol. The summed E-state index contributed by atoms with van der Waals surface area (Å²) in [7, 11) is 0. The summed E-state index contributed by atoms with van der Waals surface area (Å²) in [5.41, 5.74) is 0.984. The second-order valence-electron chi connectivity index (χ2n) is 5.19. The maximum absolute atomic E-state index is 11.7. The molecule has 2 aromatic rings. The van der Waals surface area contributed by atoms with Gasteiger partial charge in [-0.05, 0) is 17.7 Å². The number of rotatable bonds is 6. The van der Waals surface area contributed by atoms with Crippen molar-refractivity contribution in [3.8, 4) is 0 Å². The molecule has 0 bridgehead atoms. The van der Waals surface area contributed by atoms with E-state index in [1.54, 1.807) is 12.1 Å². The van der Waals surface area contributed by atoms with Crippen molar-refractivity contribution in [2.24, 2.45) is 0 Å². The smallest absolute Gasteiger partial charge is 0.315 e. The maximum atomic E-state index is 11.7. The largest absolute Gasteiger partial charge is 0.339 e. The van der Waals surface area contributed by atoms with Gasteiger partial charge in [-0.25, -0.2) is 4.79 Å². The molecule has 7 heteroatoms. The zero-order chi connectivity index (χ0) is 15.9. The van der Waals surface area contributed by atoms with Crippen LogP contribution in [0.3, 0.4) is 0 Å². The highest BCUT2D eigenvalue weighted by atomic mass is 35.5. The van der Waals surface area contributed by atoms with Gasteiger partial charge in [0.05, 0.1) is 0 Å². The quantitative estimate of drug-likeness (QED) is 0.857. The molecule has 0 aliphatic carbocycles. The molecule has 2 N–H and O–H groups in total. The summed E-state index contributed by atoms with van der Waals surface area (Å²) >= 11 is 5.80. The second-order valence-corrected chi connectivity index (χ2v) is 5.62. The van der Waals surface area contributed by atoms with Gasteiger partial charge in [-0.3, -0.25) is 0 Å². The molecule has 118 valence electrons. The highest BCUT2D eigenvalue weighted by Crippen LogP contribution is 2.10. The fraction of sp³-hybridized carbons (Fsp3) is 0.400. The molecule has 2 amide bonds. The average Bonchev–Trinajstić information content (AvgIpc) is 2.96. The van der Waals surface area contributed by atoms with Crippen LogP contribution in [0.25, 0.3) is 0 Å². The predicted molar refractivity (Wildman–Crippen MR) is 83.8 cm³/mol. The second kappa shape index (κ2) is 7.79. The van der Waals surface area contributed by atoms with E-state index in [9.17, 15) is 4.79 Å². The molecule has 0 fully saturated rings. The van der Waals surface area contributed by atoms with Crippen LogP contribution in [0.2, 0.25) is 5.02 Å². The number of carbonyl (C=O) groups is 1. The first-order chi connectivity index (χ1) is 10.5. The molecule has 0 atom stereocenters.